The molecule has 1 saturated heterocycles. The van der Waals surface area contributed by atoms with Gasteiger partial charge in [0.1, 0.15) is 12.4 Å². The normalized spacial score (nSPS) is 14.9. The largest absolute Gasteiger partial charge is 0.353 e. The van der Waals surface area contributed by atoms with E-state index in [9.17, 15) is 4.79 Å². The van der Waals surface area contributed by atoms with Gasteiger partial charge in [0.15, 0.2) is 0 Å². The standard InChI is InChI=1S/C19H19BrN4O/c20-16-4-5-17-15(13-16)6-8-24(17)14-19(25)23-11-9-22(10-12-23)18-3-1-2-7-21-18/h1-8,13H,9-12,14H2. The molecule has 3 heterocycles. The highest BCUT2D eigenvalue weighted by Gasteiger charge is 2.22. The molecule has 1 fully saturated rings. The van der Waals surface area contributed by atoms with Crippen molar-refractivity contribution in [2.45, 2.75) is 6.54 Å². The summed E-state index contributed by atoms with van der Waals surface area (Å²) >= 11 is 3.49. The van der Waals surface area contributed by atoms with E-state index in [1.165, 1.54) is 0 Å². The summed E-state index contributed by atoms with van der Waals surface area (Å²) in [5.74, 6) is 1.15. The maximum Gasteiger partial charge on any atom is 0.242 e. The molecule has 0 spiro atoms. The molecule has 0 atom stereocenters. The molecule has 1 amide bonds. The number of amides is 1. The second-order valence-corrected chi connectivity index (χ2v) is 7.12. The SMILES string of the molecule is O=C(Cn1ccc2cc(Br)ccc21)N1CCN(c2ccccn2)CC1. The lowest BCUT2D eigenvalue weighted by Gasteiger charge is -2.35. The fraction of sp³-hybridized carbons (Fsp3) is 0.263. The number of halogens is 1. The average Bonchev–Trinajstić information content (AvgIpc) is 3.04. The fourth-order valence-electron chi connectivity index (χ4n) is 3.28. The topological polar surface area (TPSA) is 41.4 Å². The number of piperazine rings is 1. The van der Waals surface area contributed by atoms with Gasteiger partial charge in [-0.05, 0) is 36.4 Å². The molecule has 3 aromatic rings. The van der Waals surface area contributed by atoms with Gasteiger partial charge in [0.25, 0.3) is 0 Å². The Kier molecular flexibility index (Phi) is 4.44. The number of nitrogens with zero attached hydrogens (tertiary/aromatic N) is 4. The number of rotatable bonds is 3. The number of aromatic nitrogens is 2. The van der Waals surface area contributed by atoms with Crippen LogP contribution in [-0.2, 0) is 11.3 Å². The van der Waals surface area contributed by atoms with Gasteiger partial charge in [0.2, 0.25) is 5.91 Å². The third kappa shape index (κ3) is 3.39. The van der Waals surface area contributed by atoms with Crippen LogP contribution in [0.1, 0.15) is 0 Å². The van der Waals surface area contributed by atoms with E-state index in [-0.39, 0.29) is 5.91 Å². The van der Waals surface area contributed by atoms with Crippen molar-refractivity contribution >= 4 is 38.6 Å². The minimum Gasteiger partial charge on any atom is -0.353 e. The van der Waals surface area contributed by atoms with Crippen molar-refractivity contribution in [1.29, 1.82) is 0 Å². The summed E-state index contributed by atoms with van der Waals surface area (Å²) in [6, 6.07) is 14.1. The summed E-state index contributed by atoms with van der Waals surface area (Å²) in [6.07, 6.45) is 3.79. The molecular formula is C19H19BrN4O. The monoisotopic (exact) mass is 398 g/mol. The molecule has 5 nitrogen and oxygen atoms in total. The molecule has 128 valence electrons. The van der Waals surface area contributed by atoms with Crippen molar-refractivity contribution in [2.75, 3.05) is 31.1 Å². The van der Waals surface area contributed by atoms with Crippen molar-refractivity contribution in [1.82, 2.24) is 14.5 Å². The molecule has 0 N–H and O–H groups in total. The first kappa shape index (κ1) is 16.1. The van der Waals surface area contributed by atoms with Crippen LogP contribution in [0.4, 0.5) is 5.82 Å². The Hall–Kier alpha value is -2.34. The van der Waals surface area contributed by atoms with Gasteiger partial charge in [-0.2, -0.15) is 0 Å². The number of hydrogen-bond acceptors (Lipinski definition) is 3. The molecular weight excluding hydrogens is 380 g/mol. The van der Waals surface area contributed by atoms with E-state index in [1.807, 2.05) is 58.3 Å². The maximum atomic E-state index is 12.7. The van der Waals surface area contributed by atoms with Crippen LogP contribution in [0, 0.1) is 0 Å². The average molecular weight is 399 g/mol. The van der Waals surface area contributed by atoms with E-state index in [1.54, 1.807) is 0 Å². The molecule has 2 aromatic heterocycles. The van der Waals surface area contributed by atoms with Crippen LogP contribution < -0.4 is 4.90 Å². The Morgan fingerprint density at radius 1 is 1.08 bits per heavy atom. The quantitative estimate of drug-likeness (QED) is 0.680. The van der Waals surface area contributed by atoms with E-state index in [0.717, 1.165) is 47.4 Å². The third-order valence-electron chi connectivity index (χ3n) is 4.64. The molecule has 0 saturated carbocycles. The zero-order valence-corrected chi connectivity index (χ0v) is 15.4. The van der Waals surface area contributed by atoms with Gasteiger partial charge >= 0.3 is 0 Å². The van der Waals surface area contributed by atoms with Gasteiger partial charge in [-0.15, -0.1) is 0 Å². The number of hydrogen-bond donors (Lipinski definition) is 0. The number of pyridine rings is 1. The zero-order chi connectivity index (χ0) is 17.2. The van der Waals surface area contributed by atoms with Crippen molar-refractivity contribution in [2.24, 2.45) is 0 Å². The highest BCUT2D eigenvalue weighted by atomic mass is 79.9. The molecule has 4 rings (SSSR count). The summed E-state index contributed by atoms with van der Waals surface area (Å²) in [5.41, 5.74) is 1.09. The number of fused-ring (bicyclic) bond motifs is 1. The number of benzene rings is 1. The first-order chi connectivity index (χ1) is 12.2. The van der Waals surface area contributed by atoms with Gasteiger partial charge in [-0.25, -0.2) is 4.98 Å². The minimum atomic E-state index is 0.168. The van der Waals surface area contributed by atoms with Crippen LogP contribution in [0.5, 0.6) is 0 Å². The number of carbonyl (C=O) groups excluding carboxylic acids is 1. The molecule has 25 heavy (non-hydrogen) atoms. The molecule has 1 aliphatic rings. The van der Waals surface area contributed by atoms with Crippen molar-refractivity contribution in [3.63, 3.8) is 0 Å². The van der Waals surface area contributed by atoms with E-state index >= 15 is 0 Å². The van der Waals surface area contributed by atoms with Gasteiger partial charge in [0.05, 0.1) is 0 Å². The Morgan fingerprint density at radius 3 is 2.68 bits per heavy atom. The molecule has 6 heteroatoms. The first-order valence-electron chi connectivity index (χ1n) is 8.39. The first-order valence-corrected chi connectivity index (χ1v) is 9.18. The van der Waals surface area contributed by atoms with Gasteiger partial charge < -0.3 is 14.4 Å². The van der Waals surface area contributed by atoms with Crippen LogP contribution in [0.25, 0.3) is 10.9 Å². The molecule has 0 aliphatic carbocycles. The molecule has 1 aliphatic heterocycles. The van der Waals surface area contributed by atoms with Gasteiger partial charge in [-0.3, -0.25) is 4.79 Å². The number of carbonyl (C=O) groups is 1. The second-order valence-electron chi connectivity index (χ2n) is 6.20. The smallest absolute Gasteiger partial charge is 0.242 e. The zero-order valence-electron chi connectivity index (χ0n) is 13.8. The van der Waals surface area contributed by atoms with Crippen molar-refractivity contribution in [3.8, 4) is 0 Å². The van der Waals surface area contributed by atoms with E-state index < -0.39 is 0 Å². The van der Waals surface area contributed by atoms with Gasteiger partial charge in [-0.1, -0.05) is 22.0 Å². The Morgan fingerprint density at radius 2 is 1.92 bits per heavy atom. The summed E-state index contributed by atoms with van der Waals surface area (Å²) in [5, 5.41) is 1.14. The Bertz CT molecular complexity index is 885. The van der Waals surface area contributed by atoms with Crippen LogP contribution in [0.15, 0.2) is 59.3 Å². The lowest BCUT2D eigenvalue weighted by molar-refractivity contribution is -0.132. The van der Waals surface area contributed by atoms with E-state index in [4.69, 9.17) is 0 Å². The minimum absolute atomic E-state index is 0.168. The van der Waals surface area contributed by atoms with Crippen LogP contribution in [0.2, 0.25) is 0 Å². The third-order valence-corrected chi connectivity index (χ3v) is 5.14. The summed E-state index contributed by atoms with van der Waals surface area (Å²) in [4.78, 5) is 21.2. The molecule has 0 bridgehead atoms. The van der Waals surface area contributed by atoms with Crippen LogP contribution in [-0.4, -0.2) is 46.5 Å². The molecule has 0 radical (unpaired) electrons. The van der Waals surface area contributed by atoms with E-state index in [0.29, 0.717) is 6.54 Å². The van der Waals surface area contributed by atoms with Crippen molar-refractivity contribution in [3.05, 3.63) is 59.3 Å². The maximum absolute atomic E-state index is 12.7. The Balaban J connectivity index is 1.40. The summed E-state index contributed by atoms with van der Waals surface area (Å²) < 4.78 is 3.07. The second kappa shape index (κ2) is 6.88. The van der Waals surface area contributed by atoms with Gasteiger partial charge in [0, 0.05) is 53.9 Å². The number of anilines is 1. The lowest BCUT2D eigenvalue weighted by atomic mass is 10.2. The highest BCUT2D eigenvalue weighted by Crippen LogP contribution is 2.21. The van der Waals surface area contributed by atoms with Crippen LogP contribution >= 0.6 is 15.9 Å². The highest BCUT2D eigenvalue weighted by molar-refractivity contribution is 9.10. The summed E-state index contributed by atoms with van der Waals surface area (Å²) in [7, 11) is 0. The van der Waals surface area contributed by atoms with Crippen LogP contribution in [0.3, 0.4) is 0 Å². The lowest BCUT2D eigenvalue weighted by Crippen LogP contribution is -2.49. The van der Waals surface area contributed by atoms with Crippen molar-refractivity contribution < 1.29 is 4.79 Å². The van der Waals surface area contributed by atoms with E-state index in [2.05, 4.69) is 31.9 Å². The fourth-order valence-corrected chi connectivity index (χ4v) is 3.66. The Labute approximate surface area is 155 Å². The predicted molar refractivity (Wildman–Crippen MR) is 103 cm³/mol. The molecule has 1 aromatic carbocycles. The molecule has 0 unspecified atom stereocenters. The summed E-state index contributed by atoms with van der Waals surface area (Å²) in [6.45, 7) is 3.50. The predicted octanol–water partition coefficient (Wildman–Crippen LogP) is 3.15.